The molecule has 0 aliphatic carbocycles. The van der Waals surface area contributed by atoms with Crippen LogP contribution < -0.4 is 5.32 Å². The molecule has 0 saturated carbocycles. The van der Waals surface area contributed by atoms with Gasteiger partial charge in [0.25, 0.3) is 0 Å². The molecule has 19 heavy (non-hydrogen) atoms. The number of thioether (sulfide) groups is 1. The van der Waals surface area contributed by atoms with Crippen LogP contribution in [0.4, 0.5) is 0 Å². The third-order valence-electron chi connectivity index (χ3n) is 2.84. The van der Waals surface area contributed by atoms with Gasteiger partial charge in [0.1, 0.15) is 6.04 Å². The number of benzene rings is 1. The molecule has 1 unspecified atom stereocenters. The van der Waals surface area contributed by atoms with Gasteiger partial charge in [-0.1, -0.05) is 31.5 Å². The third-order valence-corrected chi connectivity index (χ3v) is 4.03. The Morgan fingerprint density at radius 3 is 2.63 bits per heavy atom. The Hall–Kier alpha value is -1.00. The second-order valence-electron chi connectivity index (χ2n) is 5.12. The molecule has 0 bridgehead atoms. The molecule has 1 rings (SSSR count). The van der Waals surface area contributed by atoms with Crippen LogP contribution in [0, 0.1) is 13.8 Å². The fourth-order valence-electron chi connectivity index (χ4n) is 1.83. The first-order chi connectivity index (χ1) is 8.90. The van der Waals surface area contributed by atoms with Gasteiger partial charge in [-0.2, -0.15) is 0 Å². The predicted octanol–water partition coefficient (Wildman–Crippen LogP) is 3.24. The highest BCUT2D eigenvalue weighted by molar-refractivity contribution is 7.99. The lowest BCUT2D eigenvalue weighted by Crippen LogP contribution is -2.41. The Morgan fingerprint density at radius 1 is 1.37 bits per heavy atom. The van der Waals surface area contributed by atoms with E-state index in [1.54, 1.807) is 11.8 Å². The summed E-state index contributed by atoms with van der Waals surface area (Å²) in [4.78, 5) is 12.4. The average Bonchev–Trinajstić information content (AvgIpc) is 2.31. The zero-order valence-electron chi connectivity index (χ0n) is 12.1. The van der Waals surface area contributed by atoms with Gasteiger partial charge < -0.3 is 10.4 Å². The molecule has 4 heteroatoms. The number of rotatable bonds is 7. The number of hydrogen-bond acceptors (Lipinski definition) is 3. The van der Waals surface area contributed by atoms with Gasteiger partial charge in [-0.3, -0.25) is 4.79 Å². The second-order valence-corrected chi connectivity index (χ2v) is 6.26. The van der Waals surface area contributed by atoms with Crippen LogP contribution in [-0.4, -0.2) is 28.9 Å². The Bertz CT molecular complexity index is 432. The lowest BCUT2D eigenvalue weighted by atomic mass is 10.2. The summed E-state index contributed by atoms with van der Waals surface area (Å²) in [7, 11) is 0. The fourth-order valence-corrected chi connectivity index (χ4v) is 2.97. The normalized spacial score (nSPS) is 12.7. The summed E-state index contributed by atoms with van der Waals surface area (Å²) in [6, 6.07) is 6.09. The van der Waals surface area contributed by atoms with Crippen molar-refractivity contribution in [3.8, 4) is 0 Å². The van der Waals surface area contributed by atoms with E-state index in [0.717, 1.165) is 5.75 Å². The molecule has 1 aromatic carbocycles. The van der Waals surface area contributed by atoms with Gasteiger partial charge in [0, 0.05) is 16.7 Å². The van der Waals surface area contributed by atoms with Gasteiger partial charge >= 0.3 is 5.97 Å². The van der Waals surface area contributed by atoms with E-state index in [9.17, 15) is 4.79 Å². The number of carboxylic acids is 1. The van der Waals surface area contributed by atoms with E-state index in [-0.39, 0.29) is 6.04 Å². The van der Waals surface area contributed by atoms with Gasteiger partial charge in [-0.05, 0) is 31.9 Å². The van der Waals surface area contributed by atoms with Crippen LogP contribution in [0.2, 0.25) is 0 Å². The molecule has 0 saturated heterocycles. The van der Waals surface area contributed by atoms with Crippen molar-refractivity contribution in [1.82, 2.24) is 5.32 Å². The van der Waals surface area contributed by atoms with Crippen LogP contribution >= 0.6 is 11.8 Å². The molecule has 106 valence electrons. The van der Waals surface area contributed by atoms with Gasteiger partial charge in [0.05, 0.1) is 0 Å². The highest BCUT2D eigenvalue weighted by Gasteiger charge is 2.17. The van der Waals surface area contributed by atoms with E-state index in [1.165, 1.54) is 16.0 Å². The molecular weight excluding hydrogens is 258 g/mol. The Labute approximate surface area is 119 Å². The minimum absolute atomic E-state index is 0.187. The lowest BCUT2D eigenvalue weighted by Gasteiger charge is -2.17. The smallest absolute Gasteiger partial charge is 0.320 e. The monoisotopic (exact) mass is 281 g/mol. The summed E-state index contributed by atoms with van der Waals surface area (Å²) in [6.07, 6.45) is 0.631. The molecular formula is C15H23NO2S. The summed E-state index contributed by atoms with van der Waals surface area (Å²) < 4.78 is 0. The summed E-state index contributed by atoms with van der Waals surface area (Å²) in [5, 5.41) is 12.2. The number of carboxylic acid groups (broad SMARTS) is 1. The van der Waals surface area contributed by atoms with E-state index in [0.29, 0.717) is 6.42 Å². The highest BCUT2D eigenvalue weighted by atomic mass is 32.2. The van der Waals surface area contributed by atoms with Crippen LogP contribution in [-0.2, 0) is 4.79 Å². The first-order valence-electron chi connectivity index (χ1n) is 6.59. The van der Waals surface area contributed by atoms with Crippen LogP contribution in [0.5, 0.6) is 0 Å². The topological polar surface area (TPSA) is 49.3 Å². The molecule has 0 spiro atoms. The first-order valence-corrected chi connectivity index (χ1v) is 7.57. The van der Waals surface area contributed by atoms with Gasteiger partial charge in [-0.15, -0.1) is 11.8 Å². The molecule has 0 aliphatic rings. The number of carbonyl (C=O) groups is 1. The predicted molar refractivity (Wildman–Crippen MR) is 81.0 cm³/mol. The molecule has 0 amide bonds. The Balaban J connectivity index is 2.52. The van der Waals surface area contributed by atoms with Crippen molar-refractivity contribution in [3.05, 3.63) is 29.3 Å². The standard InChI is InChI=1S/C15H23NO2S/c1-10(2)16-13(15(17)18)7-8-19-14-9-11(3)5-6-12(14)4/h5-6,9-10,13,16H,7-8H2,1-4H3,(H,17,18). The molecule has 0 fully saturated rings. The van der Waals surface area contributed by atoms with Crippen molar-refractivity contribution >= 4 is 17.7 Å². The third kappa shape index (κ3) is 5.66. The van der Waals surface area contributed by atoms with Crippen LogP contribution in [0.25, 0.3) is 0 Å². The molecule has 2 N–H and O–H groups in total. The second kappa shape index (κ2) is 7.56. The minimum atomic E-state index is -0.768. The van der Waals surface area contributed by atoms with Crippen molar-refractivity contribution in [2.24, 2.45) is 0 Å². The van der Waals surface area contributed by atoms with Gasteiger partial charge in [0.15, 0.2) is 0 Å². The summed E-state index contributed by atoms with van der Waals surface area (Å²) in [5.74, 6) is 0.0383. The number of aryl methyl sites for hydroxylation is 2. The van der Waals surface area contributed by atoms with E-state index in [2.05, 4.69) is 37.4 Å². The van der Waals surface area contributed by atoms with Crippen molar-refractivity contribution in [3.63, 3.8) is 0 Å². The van der Waals surface area contributed by atoms with Crippen LogP contribution in [0.3, 0.4) is 0 Å². The summed E-state index contributed by atoms with van der Waals surface area (Å²) in [6.45, 7) is 8.09. The van der Waals surface area contributed by atoms with E-state index < -0.39 is 12.0 Å². The number of nitrogens with one attached hydrogen (secondary N) is 1. The maximum atomic E-state index is 11.1. The molecule has 1 atom stereocenters. The van der Waals surface area contributed by atoms with E-state index in [1.807, 2.05) is 13.8 Å². The molecule has 3 nitrogen and oxygen atoms in total. The summed E-state index contributed by atoms with van der Waals surface area (Å²) >= 11 is 1.73. The SMILES string of the molecule is Cc1ccc(C)c(SCCC(NC(C)C)C(=O)O)c1. The molecule has 0 aromatic heterocycles. The van der Waals surface area contributed by atoms with Crippen LogP contribution in [0.1, 0.15) is 31.4 Å². The maximum absolute atomic E-state index is 11.1. The van der Waals surface area contributed by atoms with Crippen LogP contribution in [0.15, 0.2) is 23.1 Å². The van der Waals surface area contributed by atoms with Crippen molar-refractivity contribution in [2.75, 3.05) is 5.75 Å². The molecule has 1 aromatic rings. The van der Waals surface area contributed by atoms with E-state index in [4.69, 9.17) is 5.11 Å². The minimum Gasteiger partial charge on any atom is -0.480 e. The number of hydrogen-bond donors (Lipinski definition) is 2. The quantitative estimate of drug-likeness (QED) is 0.753. The van der Waals surface area contributed by atoms with Crippen molar-refractivity contribution < 1.29 is 9.90 Å². The Kier molecular flexibility index (Phi) is 6.38. The van der Waals surface area contributed by atoms with Gasteiger partial charge in [-0.25, -0.2) is 0 Å². The van der Waals surface area contributed by atoms with Gasteiger partial charge in [0.2, 0.25) is 0 Å². The first kappa shape index (κ1) is 16.1. The fraction of sp³-hybridized carbons (Fsp3) is 0.533. The van der Waals surface area contributed by atoms with Crippen molar-refractivity contribution in [2.45, 2.75) is 51.1 Å². The van der Waals surface area contributed by atoms with E-state index >= 15 is 0 Å². The number of aliphatic carboxylic acids is 1. The van der Waals surface area contributed by atoms with Crippen molar-refractivity contribution in [1.29, 1.82) is 0 Å². The highest BCUT2D eigenvalue weighted by Crippen LogP contribution is 2.24. The summed E-state index contributed by atoms with van der Waals surface area (Å²) in [5.41, 5.74) is 2.49. The largest absolute Gasteiger partial charge is 0.480 e. The average molecular weight is 281 g/mol. The molecule has 0 radical (unpaired) electrons. The zero-order valence-corrected chi connectivity index (χ0v) is 12.9. The molecule has 0 aliphatic heterocycles. The maximum Gasteiger partial charge on any atom is 0.320 e. The zero-order chi connectivity index (χ0) is 14.4. The lowest BCUT2D eigenvalue weighted by molar-refractivity contribution is -0.139. The Morgan fingerprint density at radius 2 is 2.05 bits per heavy atom. The molecule has 0 heterocycles.